The Bertz CT molecular complexity index is 1000. The van der Waals surface area contributed by atoms with Crippen molar-refractivity contribution >= 4 is 21.6 Å². The summed E-state index contributed by atoms with van der Waals surface area (Å²) in [5, 5.41) is 2.76. The van der Waals surface area contributed by atoms with Gasteiger partial charge in [-0.25, -0.2) is 8.42 Å². The Labute approximate surface area is 170 Å². The lowest BCUT2D eigenvalue weighted by atomic mass is 10.1. The van der Waals surface area contributed by atoms with Gasteiger partial charge >= 0.3 is 0 Å². The van der Waals surface area contributed by atoms with Gasteiger partial charge in [-0.05, 0) is 50.1 Å². The molecule has 2 aliphatic heterocycles. The molecule has 0 radical (unpaired) electrons. The summed E-state index contributed by atoms with van der Waals surface area (Å²) < 4.78 is 38.9. The number of carbonyl (C=O) groups excluding carboxylic acids is 1. The SMILES string of the molecule is CC1Oc2ccccc2OC1C(=O)Nc1cccc(S(=O)(=O)N2CCCCC2)c1. The third-order valence-electron chi connectivity index (χ3n) is 5.16. The van der Waals surface area contributed by atoms with Gasteiger partial charge in [0.05, 0.1) is 4.90 Å². The molecule has 2 unspecified atom stereocenters. The van der Waals surface area contributed by atoms with Gasteiger partial charge in [-0.1, -0.05) is 24.6 Å². The number of benzene rings is 2. The predicted molar refractivity (Wildman–Crippen MR) is 109 cm³/mol. The van der Waals surface area contributed by atoms with Crippen molar-refractivity contribution in [3.63, 3.8) is 0 Å². The van der Waals surface area contributed by atoms with Crippen LogP contribution in [0.3, 0.4) is 0 Å². The van der Waals surface area contributed by atoms with Crippen LogP contribution in [0.1, 0.15) is 26.2 Å². The first-order valence-electron chi connectivity index (χ1n) is 9.78. The molecular formula is C21H24N2O5S. The zero-order valence-electron chi connectivity index (χ0n) is 16.2. The second-order valence-corrected chi connectivity index (χ2v) is 9.23. The Hall–Kier alpha value is -2.58. The molecule has 1 amide bonds. The highest BCUT2D eigenvalue weighted by atomic mass is 32.2. The van der Waals surface area contributed by atoms with E-state index in [-0.39, 0.29) is 10.8 Å². The van der Waals surface area contributed by atoms with E-state index in [9.17, 15) is 13.2 Å². The molecule has 8 heteroatoms. The van der Waals surface area contributed by atoms with Gasteiger partial charge < -0.3 is 14.8 Å². The molecule has 7 nitrogen and oxygen atoms in total. The van der Waals surface area contributed by atoms with E-state index in [0.29, 0.717) is 30.3 Å². The van der Waals surface area contributed by atoms with Crippen LogP contribution in [0.5, 0.6) is 11.5 Å². The molecule has 2 aliphatic rings. The average molecular weight is 416 g/mol. The number of nitrogens with zero attached hydrogens (tertiary/aromatic N) is 1. The lowest BCUT2D eigenvalue weighted by molar-refractivity contribution is -0.128. The van der Waals surface area contributed by atoms with Gasteiger partial charge in [0.2, 0.25) is 16.1 Å². The van der Waals surface area contributed by atoms with Crippen LogP contribution in [0.2, 0.25) is 0 Å². The molecule has 1 fully saturated rings. The van der Waals surface area contributed by atoms with E-state index in [1.54, 1.807) is 37.3 Å². The third-order valence-corrected chi connectivity index (χ3v) is 7.05. The summed E-state index contributed by atoms with van der Waals surface area (Å²) in [7, 11) is -3.57. The maximum Gasteiger partial charge on any atom is 0.269 e. The zero-order valence-corrected chi connectivity index (χ0v) is 17.0. The molecule has 4 rings (SSSR count). The van der Waals surface area contributed by atoms with Crippen LogP contribution in [0, 0.1) is 0 Å². The molecular weight excluding hydrogens is 392 g/mol. The number of ether oxygens (including phenoxy) is 2. The summed E-state index contributed by atoms with van der Waals surface area (Å²) in [5.41, 5.74) is 0.405. The summed E-state index contributed by atoms with van der Waals surface area (Å²) in [6, 6.07) is 13.5. The van der Waals surface area contributed by atoms with Crippen molar-refractivity contribution in [1.82, 2.24) is 4.31 Å². The minimum atomic E-state index is -3.57. The Morgan fingerprint density at radius 1 is 1.00 bits per heavy atom. The zero-order chi connectivity index (χ0) is 20.4. The summed E-state index contributed by atoms with van der Waals surface area (Å²) in [5.74, 6) is 0.713. The van der Waals surface area contributed by atoms with E-state index in [1.165, 1.54) is 10.4 Å². The van der Waals surface area contributed by atoms with Crippen molar-refractivity contribution in [3.05, 3.63) is 48.5 Å². The number of para-hydroxylation sites is 2. The average Bonchev–Trinajstić information content (AvgIpc) is 2.74. The maximum absolute atomic E-state index is 12.9. The monoisotopic (exact) mass is 416 g/mol. The van der Waals surface area contributed by atoms with Crippen molar-refractivity contribution < 1.29 is 22.7 Å². The highest BCUT2D eigenvalue weighted by molar-refractivity contribution is 7.89. The first-order chi connectivity index (χ1) is 13.9. The molecule has 2 atom stereocenters. The third kappa shape index (κ3) is 4.09. The Morgan fingerprint density at radius 2 is 1.69 bits per heavy atom. The summed E-state index contributed by atoms with van der Waals surface area (Å²) in [6.07, 6.45) is 1.46. The van der Waals surface area contributed by atoms with Crippen molar-refractivity contribution in [2.24, 2.45) is 0 Å². The fourth-order valence-corrected chi connectivity index (χ4v) is 5.17. The molecule has 1 saturated heterocycles. The van der Waals surface area contributed by atoms with E-state index in [1.807, 2.05) is 12.1 Å². The highest BCUT2D eigenvalue weighted by Crippen LogP contribution is 2.33. The van der Waals surface area contributed by atoms with Crippen LogP contribution < -0.4 is 14.8 Å². The molecule has 29 heavy (non-hydrogen) atoms. The number of piperidine rings is 1. The predicted octanol–water partition coefficient (Wildman–Crippen LogP) is 3.03. The van der Waals surface area contributed by atoms with E-state index >= 15 is 0 Å². The largest absolute Gasteiger partial charge is 0.482 e. The van der Waals surface area contributed by atoms with E-state index in [0.717, 1.165) is 19.3 Å². The number of hydrogen-bond acceptors (Lipinski definition) is 5. The normalized spacial score (nSPS) is 22.1. The molecule has 0 bridgehead atoms. The first kappa shape index (κ1) is 19.7. The van der Waals surface area contributed by atoms with Gasteiger partial charge in [0.25, 0.3) is 5.91 Å². The lowest BCUT2D eigenvalue weighted by Gasteiger charge is -2.31. The van der Waals surface area contributed by atoms with Crippen LogP contribution >= 0.6 is 0 Å². The van der Waals surface area contributed by atoms with Crippen LogP contribution in [0.4, 0.5) is 5.69 Å². The number of fused-ring (bicyclic) bond motifs is 1. The van der Waals surface area contributed by atoms with Gasteiger partial charge in [0.15, 0.2) is 11.5 Å². The lowest BCUT2D eigenvalue weighted by Crippen LogP contribution is -2.46. The quantitative estimate of drug-likeness (QED) is 0.828. The molecule has 0 spiro atoms. The van der Waals surface area contributed by atoms with Crippen molar-refractivity contribution in [3.8, 4) is 11.5 Å². The van der Waals surface area contributed by atoms with Gasteiger partial charge in [0.1, 0.15) is 6.10 Å². The molecule has 0 aliphatic carbocycles. The molecule has 154 valence electrons. The molecule has 0 aromatic heterocycles. The van der Waals surface area contributed by atoms with Crippen LogP contribution in [-0.2, 0) is 14.8 Å². The number of hydrogen-bond donors (Lipinski definition) is 1. The second kappa shape index (κ2) is 8.04. The Morgan fingerprint density at radius 3 is 2.41 bits per heavy atom. The first-order valence-corrected chi connectivity index (χ1v) is 11.2. The fourth-order valence-electron chi connectivity index (χ4n) is 3.61. The highest BCUT2D eigenvalue weighted by Gasteiger charge is 2.34. The van der Waals surface area contributed by atoms with Gasteiger partial charge in [0, 0.05) is 18.8 Å². The van der Waals surface area contributed by atoms with Crippen LogP contribution in [-0.4, -0.2) is 43.9 Å². The standard InChI is InChI=1S/C21H24N2O5S/c1-15-20(28-19-11-4-3-10-18(19)27-15)21(24)22-16-8-7-9-17(14-16)29(25,26)23-12-5-2-6-13-23/h3-4,7-11,14-15,20H,2,5-6,12-13H2,1H3,(H,22,24). The Kier molecular flexibility index (Phi) is 5.47. The number of amides is 1. The van der Waals surface area contributed by atoms with E-state index < -0.39 is 22.2 Å². The van der Waals surface area contributed by atoms with E-state index in [2.05, 4.69) is 5.32 Å². The maximum atomic E-state index is 12.9. The molecule has 0 saturated carbocycles. The summed E-state index contributed by atoms with van der Waals surface area (Å²) in [4.78, 5) is 13.0. The van der Waals surface area contributed by atoms with Gasteiger partial charge in [-0.2, -0.15) is 4.31 Å². The number of nitrogens with one attached hydrogen (secondary N) is 1. The van der Waals surface area contributed by atoms with Crippen molar-refractivity contribution in [1.29, 1.82) is 0 Å². The van der Waals surface area contributed by atoms with Crippen molar-refractivity contribution in [2.75, 3.05) is 18.4 Å². The van der Waals surface area contributed by atoms with Gasteiger partial charge in [-0.15, -0.1) is 0 Å². The molecule has 1 N–H and O–H groups in total. The van der Waals surface area contributed by atoms with Crippen LogP contribution in [0.15, 0.2) is 53.4 Å². The molecule has 2 heterocycles. The van der Waals surface area contributed by atoms with Crippen LogP contribution in [0.25, 0.3) is 0 Å². The number of rotatable bonds is 4. The summed E-state index contributed by atoms with van der Waals surface area (Å²) in [6.45, 7) is 2.82. The summed E-state index contributed by atoms with van der Waals surface area (Å²) >= 11 is 0. The van der Waals surface area contributed by atoms with Gasteiger partial charge in [-0.3, -0.25) is 4.79 Å². The van der Waals surface area contributed by atoms with Crippen molar-refractivity contribution in [2.45, 2.75) is 43.3 Å². The molecule has 2 aromatic rings. The number of anilines is 1. The molecule has 2 aromatic carbocycles. The topological polar surface area (TPSA) is 84.9 Å². The number of carbonyl (C=O) groups is 1. The minimum Gasteiger partial charge on any atom is -0.482 e. The Balaban J connectivity index is 1.50. The van der Waals surface area contributed by atoms with E-state index in [4.69, 9.17) is 9.47 Å². The minimum absolute atomic E-state index is 0.177. The second-order valence-electron chi connectivity index (χ2n) is 7.29. The fraction of sp³-hybridized carbons (Fsp3) is 0.381. The smallest absolute Gasteiger partial charge is 0.269 e. The number of sulfonamides is 1.